The van der Waals surface area contributed by atoms with Crippen LogP contribution in [0.3, 0.4) is 0 Å². The van der Waals surface area contributed by atoms with Crippen LogP contribution in [0.1, 0.15) is 0 Å². The van der Waals surface area contributed by atoms with Gasteiger partial charge in [0.15, 0.2) is 0 Å². The summed E-state index contributed by atoms with van der Waals surface area (Å²) in [5.41, 5.74) is 4.33. The zero-order valence-corrected chi connectivity index (χ0v) is 15.1. The number of para-hydroxylation sites is 2. The van der Waals surface area contributed by atoms with Crippen molar-refractivity contribution in [1.29, 1.82) is 0 Å². The molecule has 2 aromatic heterocycles. The highest BCUT2D eigenvalue weighted by Gasteiger charge is 2.22. The number of benzene rings is 2. The molecule has 0 atom stereocenters. The van der Waals surface area contributed by atoms with Gasteiger partial charge in [-0.2, -0.15) is 4.40 Å². The number of hydrogen-bond donors (Lipinski definition) is 1. The standard InChI is InChI=1S/C21H21FN4O/c22-17-7-5-16(6-8-17)18-15-26-20-4-2-1-3-19(20)25(21(26)23-18)10-9-24-11-13-27-14-12-24/h1-8,15H,9-14H2/p+1. The van der Waals surface area contributed by atoms with E-state index in [4.69, 9.17) is 4.74 Å². The molecule has 1 aliphatic heterocycles. The fourth-order valence-electron chi connectivity index (χ4n) is 3.86. The Balaban J connectivity index is 1.55. The van der Waals surface area contributed by atoms with Crippen LogP contribution in [0.4, 0.5) is 4.39 Å². The van der Waals surface area contributed by atoms with Crippen molar-refractivity contribution < 1.29 is 13.7 Å². The quantitative estimate of drug-likeness (QED) is 0.565. The molecule has 0 spiro atoms. The van der Waals surface area contributed by atoms with Gasteiger partial charge in [-0.1, -0.05) is 12.1 Å². The van der Waals surface area contributed by atoms with Crippen LogP contribution in [0.15, 0.2) is 54.7 Å². The minimum atomic E-state index is -0.219. The summed E-state index contributed by atoms with van der Waals surface area (Å²) in [6.07, 6.45) is 2.09. The summed E-state index contributed by atoms with van der Waals surface area (Å²) in [5, 5.41) is 0. The van der Waals surface area contributed by atoms with E-state index in [2.05, 4.69) is 49.3 Å². The molecule has 1 N–H and O–H groups in total. The van der Waals surface area contributed by atoms with Crippen LogP contribution in [-0.4, -0.2) is 47.1 Å². The second-order valence-corrected chi connectivity index (χ2v) is 6.96. The molecule has 3 heterocycles. The Bertz CT molecular complexity index is 1080. The first-order valence-electron chi connectivity index (χ1n) is 9.37. The van der Waals surface area contributed by atoms with Crippen molar-refractivity contribution in [2.24, 2.45) is 0 Å². The number of hydrogen-bond acceptors (Lipinski definition) is 2. The van der Waals surface area contributed by atoms with Crippen molar-refractivity contribution in [2.45, 2.75) is 6.54 Å². The molecule has 6 heteroatoms. The van der Waals surface area contributed by atoms with Crippen LogP contribution in [0.5, 0.6) is 0 Å². The van der Waals surface area contributed by atoms with Gasteiger partial charge >= 0.3 is 5.78 Å². The molecule has 0 bridgehead atoms. The molecule has 0 aliphatic carbocycles. The van der Waals surface area contributed by atoms with E-state index in [1.165, 1.54) is 23.2 Å². The zero-order chi connectivity index (χ0) is 18.2. The highest BCUT2D eigenvalue weighted by molar-refractivity contribution is 5.76. The van der Waals surface area contributed by atoms with Crippen LogP contribution < -0.4 is 4.57 Å². The molecule has 0 amide bonds. The van der Waals surface area contributed by atoms with Crippen LogP contribution in [0, 0.1) is 5.82 Å². The maximum Gasteiger partial charge on any atom is 0.368 e. The van der Waals surface area contributed by atoms with Crippen LogP contribution in [-0.2, 0) is 11.3 Å². The molecule has 2 aromatic carbocycles. The van der Waals surface area contributed by atoms with E-state index in [0.29, 0.717) is 0 Å². The van der Waals surface area contributed by atoms with Gasteiger partial charge in [-0.05, 0) is 36.4 Å². The first-order chi connectivity index (χ1) is 13.3. The number of halogens is 1. The highest BCUT2D eigenvalue weighted by Crippen LogP contribution is 2.22. The highest BCUT2D eigenvalue weighted by atomic mass is 19.1. The molecule has 0 unspecified atom stereocenters. The van der Waals surface area contributed by atoms with E-state index >= 15 is 0 Å². The maximum atomic E-state index is 13.3. The van der Waals surface area contributed by atoms with Crippen molar-refractivity contribution in [2.75, 3.05) is 32.8 Å². The number of aromatic nitrogens is 3. The van der Waals surface area contributed by atoms with Gasteiger partial charge in [-0.15, -0.1) is 0 Å². The van der Waals surface area contributed by atoms with Crippen molar-refractivity contribution in [1.82, 2.24) is 14.3 Å². The number of fused-ring (bicyclic) bond motifs is 3. The third-order valence-electron chi connectivity index (χ3n) is 5.32. The second-order valence-electron chi connectivity index (χ2n) is 6.96. The van der Waals surface area contributed by atoms with Gasteiger partial charge in [0.25, 0.3) is 0 Å². The van der Waals surface area contributed by atoms with Crippen molar-refractivity contribution in [3.63, 3.8) is 0 Å². The zero-order valence-electron chi connectivity index (χ0n) is 15.1. The molecule has 4 aromatic rings. The average Bonchev–Trinajstić information content (AvgIpc) is 3.26. The first kappa shape index (κ1) is 16.5. The number of nitrogens with one attached hydrogen (secondary N) is 1. The lowest BCUT2D eigenvalue weighted by molar-refractivity contribution is -0.647. The fourth-order valence-corrected chi connectivity index (χ4v) is 3.86. The summed E-state index contributed by atoms with van der Waals surface area (Å²) < 4.78 is 23.2. The average molecular weight is 365 g/mol. The number of nitrogens with zero attached hydrogens (tertiary/aromatic N) is 3. The van der Waals surface area contributed by atoms with E-state index in [9.17, 15) is 4.39 Å². The van der Waals surface area contributed by atoms with Gasteiger partial charge in [-0.25, -0.2) is 13.9 Å². The molecule has 1 aliphatic rings. The van der Waals surface area contributed by atoms with Crippen molar-refractivity contribution in [3.05, 3.63) is 60.5 Å². The van der Waals surface area contributed by atoms with Gasteiger partial charge in [-0.3, -0.25) is 4.90 Å². The van der Waals surface area contributed by atoms with Gasteiger partial charge < -0.3 is 4.74 Å². The lowest BCUT2D eigenvalue weighted by Gasteiger charge is -2.25. The second kappa shape index (κ2) is 6.79. The monoisotopic (exact) mass is 365 g/mol. The van der Waals surface area contributed by atoms with Crippen LogP contribution in [0.2, 0.25) is 0 Å². The summed E-state index contributed by atoms with van der Waals surface area (Å²) in [7, 11) is 0. The minimum Gasteiger partial charge on any atom is -0.379 e. The third kappa shape index (κ3) is 3.01. The molecule has 27 heavy (non-hydrogen) atoms. The Morgan fingerprint density at radius 3 is 2.63 bits per heavy atom. The molecule has 5 rings (SSSR count). The topological polar surface area (TPSA) is 36.5 Å². The van der Waals surface area contributed by atoms with Gasteiger partial charge in [0.2, 0.25) is 0 Å². The fraction of sp³-hybridized carbons (Fsp3) is 0.286. The summed E-state index contributed by atoms with van der Waals surface area (Å²) >= 11 is 0. The van der Waals surface area contributed by atoms with Crippen LogP contribution in [0.25, 0.3) is 28.1 Å². The Labute approximate surface area is 156 Å². The number of morpholine rings is 1. The summed E-state index contributed by atoms with van der Waals surface area (Å²) in [6, 6.07) is 15.0. The van der Waals surface area contributed by atoms with E-state index in [1.807, 2.05) is 0 Å². The molecule has 1 fully saturated rings. The molecule has 0 saturated carbocycles. The van der Waals surface area contributed by atoms with E-state index in [1.54, 1.807) is 12.1 Å². The van der Waals surface area contributed by atoms with E-state index in [-0.39, 0.29) is 5.82 Å². The Kier molecular flexibility index (Phi) is 4.14. The lowest BCUT2D eigenvalue weighted by Crippen LogP contribution is -2.44. The Morgan fingerprint density at radius 2 is 1.81 bits per heavy atom. The largest absolute Gasteiger partial charge is 0.379 e. The Hall–Kier alpha value is -2.70. The molecule has 1 saturated heterocycles. The van der Waals surface area contributed by atoms with Crippen molar-refractivity contribution >= 4 is 16.8 Å². The SMILES string of the molecule is Fc1ccc(-c2cn3c4ccccc4[n+](CCN4CCOCC4)c3[nH]2)cc1. The first-order valence-corrected chi connectivity index (χ1v) is 9.37. The minimum absolute atomic E-state index is 0.219. The molecular weight excluding hydrogens is 343 g/mol. The van der Waals surface area contributed by atoms with E-state index in [0.717, 1.165) is 56.4 Å². The normalized spacial score (nSPS) is 15.7. The van der Waals surface area contributed by atoms with Gasteiger partial charge in [0.1, 0.15) is 28.7 Å². The third-order valence-corrected chi connectivity index (χ3v) is 5.32. The summed E-state index contributed by atoms with van der Waals surface area (Å²) in [5.74, 6) is 0.826. The van der Waals surface area contributed by atoms with Gasteiger partial charge in [0.05, 0.1) is 19.8 Å². The predicted octanol–water partition coefficient (Wildman–Crippen LogP) is 2.85. The lowest BCUT2D eigenvalue weighted by atomic mass is 10.2. The smallest absolute Gasteiger partial charge is 0.368 e. The molecular formula is C21H22FN4O+. The van der Waals surface area contributed by atoms with E-state index < -0.39 is 0 Å². The molecule has 138 valence electrons. The number of ether oxygens (including phenoxy) is 1. The van der Waals surface area contributed by atoms with Crippen molar-refractivity contribution in [3.8, 4) is 11.3 Å². The van der Waals surface area contributed by atoms with Crippen LogP contribution >= 0.6 is 0 Å². The van der Waals surface area contributed by atoms with Gasteiger partial charge in [0, 0.05) is 25.2 Å². The predicted molar refractivity (Wildman–Crippen MR) is 102 cm³/mol. The molecule has 0 radical (unpaired) electrons. The summed E-state index contributed by atoms with van der Waals surface area (Å²) in [6.45, 7) is 5.49. The number of H-pyrrole nitrogens is 1. The number of rotatable bonds is 4. The number of imidazole rings is 2. The molecule has 5 nitrogen and oxygen atoms in total. The Morgan fingerprint density at radius 1 is 1.04 bits per heavy atom. The maximum absolute atomic E-state index is 13.3. The summed E-state index contributed by atoms with van der Waals surface area (Å²) in [4.78, 5) is 5.98. The number of aromatic amines is 1.